The molecule has 3 heterocycles. The third kappa shape index (κ3) is 4.18. The Balaban J connectivity index is 1.47. The molecule has 2 aromatic carbocycles. The van der Waals surface area contributed by atoms with E-state index in [4.69, 9.17) is 14.8 Å². The molecule has 7 heteroatoms. The minimum absolute atomic E-state index is 0.0111. The summed E-state index contributed by atoms with van der Waals surface area (Å²) in [6.07, 6.45) is 7.88. The number of nitrogens with zero attached hydrogens (tertiary/aromatic N) is 5. The summed E-state index contributed by atoms with van der Waals surface area (Å²) >= 11 is 0. The highest BCUT2D eigenvalue weighted by Crippen LogP contribution is 2.32. The molecule has 0 fully saturated rings. The third-order valence-corrected chi connectivity index (χ3v) is 6.08. The van der Waals surface area contributed by atoms with E-state index < -0.39 is 0 Å². The molecule has 1 aliphatic rings. The number of hydrogen-bond acceptors (Lipinski definition) is 4. The van der Waals surface area contributed by atoms with Crippen LogP contribution in [0.1, 0.15) is 54.2 Å². The van der Waals surface area contributed by atoms with Crippen LogP contribution in [0.25, 0.3) is 17.3 Å². The van der Waals surface area contributed by atoms with Crippen molar-refractivity contribution < 1.29 is 9.13 Å². The van der Waals surface area contributed by atoms with Crippen LogP contribution in [-0.4, -0.2) is 31.4 Å². The zero-order valence-corrected chi connectivity index (χ0v) is 19.0. The largest absolute Gasteiger partial charge is 0.495 e. The average molecular weight is 444 g/mol. The predicted molar refractivity (Wildman–Crippen MR) is 126 cm³/mol. The van der Waals surface area contributed by atoms with Crippen molar-refractivity contribution in [2.45, 2.75) is 39.2 Å². The number of fused-ring (bicyclic) bond motifs is 1. The molecule has 0 amide bonds. The molecule has 1 atom stereocenters. The van der Waals surface area contributed by atoms with Crippen LogP contribution in [0, 0.1) is 12.7 Å². The molecule has 4 aromatic rings. The van der Waals surface area contributed by atoms with Crippen LogP contribution in [0.5, 0.6) is 5.75 Å². The summed E-state index contributed by atoms with van der Waals surface area (Å²) < 4.78 is 22.9. The van der Waals surface area contributed by atoms with Gasteiger partial charge in [0.1, 0.15) is 11.6 Å². The summed E-state index contributed by atoms with van der Waals surface area (Å²) in [5.74, 6) is 2.19. The van der Waals surface area contributed by atoms with E-state index in [9.17, 15) is 4.39 Å². The van der Waals surface area contributed by atoms with Crippen molar-refractivity contribution >= 4 is 11.6 Å². The van der Waals surface area contributed by atoms with Gasteiger partial charge in [0.2, 0.25) is 0 Å². The van der Waals surface area contributed by atoms with Crippen LogP contribution < -0.4 is 4.74 Å². The Kier molecular flexibility index (Phi) is 5.54. The van der Waals surface area contributed by atoms with Crippen molar-refractivity contribution in [1.82, 2.24) is 24.3 Å². The Bertz CT molecular complexity index is 1320. The van der Waals surface area contributed by atoms with Gasteiger partial charge in [-0.1, -0.05) is 25.1 Å². The highest BCUT2D eigenvalue weighted by molar-refractivity contribution is 5.80. The first-order valence-electron chi connectivity index (χ1n) is 11.1. The number of aryl methyl sites for hydroxylation is 2. The minimum atomic E-state index is -0.238. The normalized spacial score (nSPS) is 15.5. The number of imidazole rings is 1. The van der Waals surface area contributed by atoms with E-state index in [2.05, 4.69) is 24.1 Å². The van der Waals surface area contributed by atoms with Gasteiger partial charge in [0.15, 0.2) is 11.6 Å². The zero-order valence-electron chi connectivity index (χ0n) is 19.0. The van der Waals surface area contributed by atoms with Gasteiger partial charge in [-0.25, -0.2) is 19.0 Å². The SMILES string of the molecule is COc1cc(/C=C2\CCCn3nc([C@@H](C)c4ccc(F)cc4)nc32)ccc1-n1cnc(C)c1. The molecule has 0 saturated heterocycles. The predicted octanol–water partition coefficient (Wildman–Crippen LogP) is 5.41. The molecule has 33 heavy (non-hydrogen) atoms. The zero-order chi connectivity index (χ0) is 22.9. The summed E-state index contributed by atoms with van der Waals surface area (Å²) in [7, 11) is 1.68. The molecular weight excluding hydrogens is 417 g/mol. The van der Waals surface area contributed by atoms with Crippen molar-refractivity contribution in [2.75, 3.05) is 7.11 Å². The first-order valence-corrected chi connectivity index (χ1v) is 11.1. The van der Waals surface area contributed by atoms with Gasteiger partial charge in [0.05, 0.1) is 24.8 Å². The van der Waals surface area contributed by atoms with Gasteiger partial charge in [-0.05, 0) is 66.8 Å². The number of ether oxygens (including phenoxy) is 1. The molecular formula is C26H26FN5O. The Labute approximate surface area is 192 Å². The van der Waals surface area contributed by atoms with Gasteiger partial charge in [0, 0.05) is 18.7 Å². The molecule has 0 bridgehead atoms. The van der Waals surface area contributed by atoms with Crippen molar-refractivity contribution in [3.63, 3.8) is 0 Å². The summed E-state index contributed by atoms with van der Waals surface area (Å²) in [5, 5.41) is 4.77. The quantitative estimate of drug-likeness (QED) is 0.414. The lowest BCUT2D eigenvalue weighted by Gasteiger charge is -2.16. The fourth-order valence-electron chi connectivity index (χ4n) is 4.26. The second-order valence-electron chi connectivity index (χ2n) is 8.42. The Morgan fingerprint density at radius 3 is 2.70 bits per heavy atom. The summed E-state index contributed by atoms with van der Waals surface area (Å²) in [5.41, 5.74) is 5.10. The molecule has 0 aliphatic carbocycles. The van der Waals surface area contributed by atoms with Crippen LogP contribution in [0.3, 0.4) is 0 Å². The maximum atomic E-state index is 13.3. The van der Waals surface area contributed by atoms with E-state index >= 15 is 0 Å². The number of methoxy groups -OCH3 is 1. The highest BCUT2D eigenvalue weighted by Gasteiger charge is 2.22. The van der Waals surface area contributed by atoms with Crippen molar-refractivity contribution in [3.05, 3.63) is 89.3 Å². The molecule has 0 radical (unpaired) electrons. The third-order valence-electron chi connectivity index (χ3n) is 6.08. The van der Waals surface area contributed by atoms with E-state index in [0.29, 0.717) is 0 Å². The molecule has 0 saturated carbocycles. The maximum absolute atomic E-state index is 13.3. The van der Waals surface area contributed by atoms with Crippen LogP contribution in [-0.2, 0) is 6.54 Å². The number of halogens is 1. The molecule has 1 aliphatic heterocycles. The second-order valence-corrected chi connectivity index (χ2v) is 8.42. The first-order chi connectivity index (χ1) is 16.0. The van der Waals surface area contributed by atoms with Crippen molar-refractivity contribution in [2.24, 2.45) is 0 Å². The van der Waals surface area contributed by atoms with Crippen LogP contribution in [0.2, 0.25) is 0 Å². The van der Waals surface area contributed by atoms with Gasteiger partial charge >= 0.3 is 0 Å². The number of allylic oxidation sites excluding steroid dienone is 1. The molecule has 0 unspecified atom stereocenters. The summed E-state index contributed by atoms with van der Waals surface area (Å²) in [4.78, 5) is 9.19. The number of benzene rings is 2. The molecule has 2 aromatic heterocycles. The Morgan fingerprint density at radius 2 is 1.97 bits per heavy atom. The average Bonchev–Trinajstić information content (AvgIpc) is 3.46. The fourth-order valence-corrected chi connectivity index (χ4v) is 4.26. The van der Waals surface area contributed by atoms with E-state index in [1.54, 1.807) is 25.6 Å². The van der Waals surface area contributed by atoms with Crippen LogP contribution in [0.15, 0.2) is 55.0 Å². The van der Waals surface area contributed by atoms with Gasteiger partial charge in [-0.3, -0.25) is 0 Å². The first kappa shape index (κ1) is 21.1. The van der Waals surface area contributed by atoms with Gasteiger partial charge in [-0.15, -0.1) is 0 Å². The lowest BCUT2D eigenvalue weighted by Crippen LogP contribution is -2.11. The van der Waals surface area contributed by atoms with Gasteiger partial charge < -0.3 is 9.30 Å². The van der Waals surface area contributed by atoms with E-state index in [1.807, 2.05) is 34.5 Å². The number of rotatable bonds is 5. The smallest absolute Gasteiger partial charge is 0.158 e. The monoisotopic (exact) mass is 443 g/mol. The minimum Gasteiger partial charge on any atom is -0.495 e. The van der Waals surface area contributed by atoms with Crippen LogP contribution >= 0.6 is 0 Å². The lowest BCUT2D eigenvalue weighted by atomic mass is 10.0. The fraction of sp³-hybridized carbons (Fsp3) is 0.269. The molecule has 168 valence electrons. The molecule has 6 nitrogen and oxygen atoms in total. The topological polar surface area (TPSA) is 57.8 Å². The Morgan fingerprint density at radius 1 is 1.15 bits per heavy atom. The number of hydrogen-bond donors (Lipinski definition) is 0. The molecule has 0 spiro atoms. The van der Waals surface area contributed by atoms with Crippen LogP contribution in [0.4, 0.5) is 4.39 Å². The van der Waals surface area contributed by atoms with E-state index in [0.717, 1.165) is 64.9 Å². The van der Waals surface area contributed by atoms with Gasteiger partial charge in [0.25, 0.3) is 0 Å². The second kappa shape index (κ2) is 8.65. The Hall–Kier alpha value is -3.74. The standard InChI is InChI=1S/C26H26FN5O/c1-17-15-31(16-28-17)23-11-6-19(14-24(23)33-3)13-21-5-4-12-32-26(21)29-25(30-32)18(2)20-7-9-22(27)10-8-20/h6-11,13-16,18H,4-5,12H2,1-3H3/b21-13+/t18-/m0/s1. The lowest BCUT2D eigenvalue weighted by molar-refractivity contribution is 0.413. The summed E-state index contributed by atoms with van der Waals surface area (Å²) in [6, 6.07) is 12.7. The van der Waals surface area contributed by atoms with E-state index in [1.165, 1.54) is 12.1 Å². The van der Waals surface area contributed by atoms with Crippen molar-refractivity contribution in [3.8, 4) is 11.4 Å². The number of aromatic nitrogens is 5. The van der Waals surface area contributed by atoms with Gasteiger partial charge in [-0.2, -0.15) is 5.10 Å². The molecule has 0 N–H and O–H groups in total. The van der Waals surface area contributed by atoms with Crippen molar-refractivity contribution in [1.29, 1.82) is 0 Å². The highest BCUT2D eigenvalue weighted by atomic mass is 19.1. The summed E-state index contributed by atoms with van der Waals surface area (Å²) in [6.45, 7) is 4.86. The maximum Gasteiger partial charge on any atom is 0.158 e. The van der Waals surface area contributed by atoms with E-state index in [-0.39, 0.29) is 11.7 Å². The molecule has 5 rings (SSSR count).